The van der Waals surface area contributed by atoms with Crippen molar-refractivity contribution >= 4 is 34.7 Å². The fraction of sp³-hybridized carbons (Fsp3) is 0. The second-order valence-corrected chi connectivity index (χ2v) is 4.87. The van der Waals surface area contributed by atoms with Gasteiger partial charge in [0.2, 0.25) is 5.95 Å². The topological polar surface area (TPSA) is 62.7 Å². The van der Waals surface area contributed by atoms with Gasteiger partial charge in [-0.05, 0) is 36.4 Å². The second kappa shape index (κ2) is 6.36. The number of rotatable bonds is 4. The highest BCUT2D eigenvalue weighted by Crippen LogP contribution is 2.19. The predicted molar refractivity (Wildman–Crippen MR) is 84.2 cm³/mol. The van der Waals surface area contributed by atoms with Crippen molar-refractivity contribution in [1.29, 1.82) is 0 Å². The monoisotopic (exact) mass is 315 g/mol. The van der Waals surface area contributed by atoms with E-state index < -0.39 is 0 Å². The minimum Gasteiger partial charge on any atom is -0.339 e. The van der Waals surface area contributed by atoms with E-state index in [1.54, 1.807) is 24.3 Å². The Kier molecular flexibility index (Phi) is 4.11. The van der Waals surface area contributed by atoms with Crippen LogP contribution in [-0.2, 0) is 0 Å². The molecule has 7 heteroatoms. The number of hydrogen-bond acceptors (Lipinski definition) is 5. The SMILES string of the molecule is Fc1cccc(Nc2nncc(Nc3cccc(Cl)c3)n2)c1. The Bertz CT molecular complexity index is 733. The molecule has 0 radical (unpaired) electrons. The number of benzene rings is 2. The Balaban J connectivity index is 1.78. The summed E-state index contributed by atoms with van der Waals surface area (Å²) in [5.74, 6) is 0.417. The second-order valence-electron chi connectivity index (χ2n) is 4.44. The average Bonchev–Trinajstić information content (AvgIpc) is 2.47. The number of halogens is 2. The molecule has 3 aromatic rings. The highest BCUT2D eigenvalue weighted by molar-refractivity contribution is 6.30. The lowest BCUT2D eigenvalue weighted by atomic mass is 10.3. The summed E-state index contributed by atoms with van der Waals surface area (Å²) in [5.41, 5.74) is 1.33. The third kappa shape index (κ3) is 3.67. The Morgan fingerprint density at radius 1 is 0.955 bits per heavy atom. The van der Waals surface area contributed by atoms with E-state index in [0.29, 0.717) is 16.5 Å². The maximum Gasteiger partial charge on any atom is 0.249 e. The van der Waals surface area contributed by atoms with Gasteiger partial charge in [-0.1, -0.05) is 23.7 Å². The maximum absolute atomic E-state index is 13.2. The van der Waals surface area contributed by atoms with Gasteiger partial charge in [-0.15, -0.1) is 5.10 Å². The van der Waals surface area contributed by atoms with Crippen molar-refractivity contribution in [2.45, 2.75) is 0 Å². The molecule has 0 spiro atoms. The number of nitrogens with one attached hydrogen (secondary N) is 2. The fourth-order valence-electron chi connectivity index (χ4n) is 1.83. The third-order valence-corrected chi connectivity index (χ3v) is 2.97. The molecule has 0 fully saturated rings. The normalized spacial score (nSPS) is 10.3. The van der Waals surface area contributed by atoms with Gasteiger partial charge in [0.15, 0.2) is 5.82 Å². The number of nitrogens with zero attached hydrogens (tertiary/aromatic N) is 3. The van der Waals surface area contributed by atoms with Crippen molar-refractivity contribution in [2.75, 3.05) is 10.6 Å². The molecule has 0 saturated carbocycles. The maximum atomic E-state index is 13.2. The van der Waals surface area contributed by atoms with Crippen LogP contribution in [-0.4, -0.2) is 15.2 Å². The lowest BCUT2D eigenvalue weighted by Crippen LogP contribution is -2.02. The minimum absolute atomic E-state index is 0.262. The summed E-state index contributed by atoms with van der Waals surface area (Å²) in [6, 6.07) is 13.2. The molecule has 3 rings (SSSR count). The van der Waals surface area contributed by atoms with E-state index in [0.717, 1.165) is 5.69 Å². The van der Waals surface area contributed by atoms with Crippen molar-refractivity contribution in [3.05, 3.63) is 65.6 Å². The van der Waals surface area contributed by atoms with Crippen LogP contribution in [0.3, 0.4) is 0 Å². The molecule has 5 nitrogen and oxygen atoms in total. The molecule has 0 aliphatic heterocycles. The Hall–Kier alpha value is -2.73. The van der Waals surface area contributed by atoms with E-state index in [2.05, 4.69) is 25.8 Å². The van der Waals surface area contributed by atoms with Crippen LogP contribution in [0.25, 0.3) is 0 Å². The van der Waals surface area contributed by atoms with Crippen molar-refractivity contribution in [3.8, 4) is 0 Å². The zero-order valence-corrected chi connectivity index (χ0v) is 12.0. The fourth-order valence-corrected chi connectivity index (χ4v) is 2.02. The van der Waals surface area contributed by atoms with Crippen LogP contribution >= 0.6 is 11.6 Å². The highest BCUT2D eigenvalue weighted by Gasteiger charge is 2.03. The Labute approximate surface area is 131 Å². The molecule has 1 heterocycles. The lowest BCUT2D eigenvalue weighted by molar-refractivity contribution is 0.628. The van der Waals surface area contributed by atoms with Gasteiger partial charge in [0.25, 0.3) is 0 Å². The quantitative estimate of drug-likeness (QED) is 0.757. The highest BCUT2D eigenvalue weighted by atomic mass is 35.5. The van der Waals surface area contributed by atoms with Gasteiger partial charge >= 0.3 is 0 Å². The zero-order chi connectivity index (χ0) is 15.4. The smallest absolute Gasteiger partial charge is 0.249 e. The Morgan fingerprint density at radius 2 is 1.73 bits per heavy atom. The van der Waals surface area contributed by atoms with Crippen LogP contribution in [0, 0.1) is 5.82 Å². The molecule has 2 aromatic carbocycles. The van der Waals surface area contributed by atoms with Gasteiger partial charge in [0, 0.05) is 16.4 Å². The molecular formula is C15H11ClFN5. The molecule has 0 atom stereocenters. The first kappa shape index (κ1) is 14.2. The van der Waals surface area contributed by atoms with Gasteiger partial charge in [-0.25, -0.2) is 4.39 Å². The summed E-state index contributed by atoms with van der Waals surface area (Å²) in [7, 11) is 0. The van der Waals surface area contributed by atoms with E-state index in [1.165, 1.54) is 18.3 Å². The predicted octanol–water partition coefficient (Wildman–Crippen LogP) is 4.15. The van der Waals surface area contributed by atoms with Gasteiger partial charge in [0.05, 0.1) is 6.20 Å². The molecule has 110 valence electrons. The molecule has 2 N–H and O–H groups in total. The van der Waals surface area contributed by atoms with Gasteiger partial charge < -0.3 is 10.6 Å². The van der Waals surface area contributed by atoms with E-state index >= 15 is 0 Å². The van der Waals surface area contributed by atoms with E-state index in [9.17, 15) is 4.39 Å². The van der Waals surface area contributed by atoms with Crippen LogP contribution in [0.5, 0.6) is 0 Å². The molecule has 1 aromatic heterocycles. The molecule has 0 bridgehead atoms. The van der Waals surface area contributed by atoms with Crippen molar-refractivity contribution in [3.63, 3.8) is 0 Å². The van der Waals surface area contributed by atoms with E-state index in [-0.39, 0.29) is 11.8 Å². The van der Waals surface area contributed by atoms with Crippen LogP contribution < -0.4 is 10.6 Å². The molecule has 0 aliphatic carbocycles. The number of hydrogen-bond donors (Lipinski definition) is 2. The zero-order valence-electron chi connectivity index (χ0n) is 11.3. The minimum atomic E-state index is -0.342. The third-order valence-electron chi connectivity index (χ3n) is 2.74. The molecule has 0 aliphatic rings. The van der Waals surface area contributed by atoms with Crippen LogP contribution in [0.1, 0.15) is 0 Å². The number of aromatic nitrogens is 3. The summed E-state index contributed by atoms with van der Waals surface area (Å²) in [5, 5.41) is 14.3. The molecule has 22 heavy (non-hydrogen) atoms. The van der Waals surface area contributed by atoms with E-state index in [1.807, 2.05) is 12.1 Å². The first-order valence-electron chi connectivity index (χ1n) is 6.44. The number of anilines is 4. The largest absolute Gasteiger partial charge is 0.339 e. The lowest BCUT2D eigenvalue weighted by Gasteiger charge is -2.08. The summed E-state index contributed by atoms with van der Waals surface area (Å²) in [4.78, 5) is 4.26. The van der Waals surface area contributed by atoms with E-state index in [4.69, 9.17) is 11.6 Å². The van der Waals surface area contributed by atoms with Gasteiger partial charge in [-0.3, -0.25) is 0 Å². The first-order chi connectivity index (χ1) is 10.7. The Morgan fingerprint density at radius 3 is 2.50 bits per heavy atom. The standard InChI is InChI=1S/C15H11ClFN5/c16-10-3-1-5-12(7-10)19-14-9-18-22-15(21-14)20-13-6-2-4-11(17)8-13/h1-9H,(H2,19,20,21,22). The van der Waals surface area contributed by atoms with Crippen molar-refractivity contribution in [2.24, 2.45) is 0 Å². The van der Waals surface area contributed by atoms with Gasteiger partial charge in [-0.2, -0.15) is 10.1 Å². The van der Waals surface area contributed by atoms with Crippen molar-refractivity contribution in [1.82, 2.24) is 15.2 Å². The average molecular weight is 316 g/mol. The first-order valence-corrected chi connectivity index (χ1v) is 6.82. The summed E-state index contributed by atoms with van der Waals surface area (Å²) in [6.45, 7) is 0. The van der Waals surface area contributed by atoms with Crippen LogP contribution in [0.15, 0.2) is 54.7 Å². The summed E-state index contributed by atoms with van der Waals surface area (Å²) < 4.78 is 13.2. The molecule has 0 amide bonds. The van der Waals surface area contributed by atoms with Crippen LogP contribution in [0.2, 0.25) is 5.02 Å². The van der Waals surface area contributed by atoms with Crippen molar-refractivity contribution < 1.29 is 4.39 Å². The molecule has 0 saturated heterocycles. The van der Waals surface area contributed by atoms with Gasteiger partial charge in [0.1, 0.15) is 5.82 Å². The van der Waals surface area contributed by atoms with Crippen LogP contribution in [0.4, 0.5) is 27.5 Å². The summed E-state index contributed by atoms with van der Waals surface area (Å²) >= 11 is 5.93. The molecule has 0 unspecified atom stereocenters. The summed E-state index contributed by atoms with van der Waals surface area (Å²) in [6.07, 6.45) is 1.48. The molecular weight excluding hydrogens is 305 g/mol.